The van der Waals surface area contributed by atoms with Gasteiger partial charge in [-0.3, -0.25) is 0 Å². The van der Waals surface area contributed by atoms with E-state index < -0.39 is 9.84 Å². The maximum Gasteiger partial charge on any atom is 0.179 e. The molecule has 6 heteroatoms. The number of halogens is 1. The van der Waals surface area contributed by atoms with Crippen molar-refractivity contribution < 1.29 is 8.42 Å². The fourth-order valence-electron chi connectivity index (χ4n) is 2.60. The van der Waals surface area contributed by atoms with Crippen molar-refractivity contribution in [2.24, 2.45) is 0 Å². The summed E-state index contributed by atoms with van der Waals surface area (Å²) >= 11 is 3.71. The van der Waals surface area contributed by atoms with Crippen LogP contribution in [-0.4, -0.2) is 37.6 Å². The maximum atomic E-state index is 11.8. The van der Waals surface area contributed by atoms with E-state index in [2.05, 4.69) is 20.9 Å². The van der Waals surface area contributed by atoms with E-state index in [-0.39, 0.29) is 0 Å². The van der Waals surface area contributed by atoms with E-state index >= 15 is 0 Å². The molecule has 2 atom stereocenters. The molecule has 2 rings (SSSR count). The lowest BCUT2D eigenvalue weighted by Gasteiger charge is -2.36. The van der Waals surface area contributed by atoms with Crippen molar-refractivity contribution in [3.8, 4) is 0 Å². The summed E-state index contributed by atoms with van der Waals surface area (Å²) < 4.78 is 23.7. The van der Waals surface area contributed by atoms with E-state index in [0.717, 1.165) is 12.8 Å². The molecule has 1 aliphatic rings. The van der Waals surface area contributed by atoms with Gasteiger partial charge in [0.1, 0.15) is 10.7 Å². The van der Waals surface area contributed by atoms with Crippen molar-refractivity contribution in [3.05, 3.63) is 18.3 Å². The molecule has 1 aromatic rings. The van der Waals surface area contributed by atoms with E-state index in [9.17, 15) is 8.42 Å². The van der Waals surface area contributed by atoms with Crippen molar-refractivity contribution in [3.63, 3.8) is 0 Å². The zero-order valence-corrected chi connectivity index (χ0v) is 13.6. The third kappa shape index (κ3) is 3.28. The molecule has 0 saturated heterocycles. The van der Waals surface area contributed by atoms with Gasteiger partial charge in [0.15, 0.2) is 9.84 Å². The summed E-state index contributed by atoms with van der Waals surface area (Å²) in [6.45, 7) is 0. The lowest BCUT2D eigenvalue weighted by atomic mass is 9.94. The van der Waals surface area contributed by atoms with Crippen LogP contribution in [0.15, 0.2) is 23.2 Å². The van der Waals surface area contributed by atoms with Crippen molar-refractivity contribution in [1.29, 1.82) is 0 Å². The molecule has 1 aromatic heterocycles. The average molecular weight is 347 g/mol. The summed E-state index contributed by atoms with van der Waals surface area (Å²) in [6, 6.07) is 3.59. The van der Waals surface area contributed by atoms with Crippen LogP contribution in [0.3, 0.4) is 0 Å². The number of nitrogens with zero attached hydrogens (tertiary/aromatic N) is 2. The second kappa shape index (κ2) is 5.79. The molecule has 1 fully saturated rings. The van der Waals surface area contributed by atoms with E-state index in [1.54, 1.807) is 18.3 Å². The normalized spacial score (nSPS) is 24.2. The Balaban J connectivity index is 2.36. The molecule has 4 nitrogen and oxygen atoms in total. The van der Waals surface area contributed by atoms with Crippen LogP contribution in [-0.2, 0) is 9.84 Å². The largest absolute Gasteiger partial charge is 0.354 e. The third-order valence-corrected chi connectivity index (χ3v) is 5.81. The highest BCUT2D eigenvalue weighted by Gasteiger charge is 2.29. The fraction of sp³-hybridized carbons (Fsp3) is 0.615. The summed E-state index contributed by atoms with van der Waals surface area (Å²) in [4.78, 5) is 6.99. The quantitative estimate of drug-likeness (QED) is 0.789. The molecule has 19 heavy (non-hydrogen) atoms. The molecule has 1 heterocycles. The molecule has 0 amide bonds. The average Bonchev–Trinajstić information content (AvgIpc) is 2.37. The topological polar surface area (TPSA) is 50.3 Å². The minimum atomic E-state index is -3.25. The number of hydrogen-bond acceptors (Lipinski definition) is 4. The molecule has 1 aliphatic carbocycles. The minimum absolute atomic E-state index is 0.296. The van der Waals surface area contributed by atoms with E-state index in [4.69, 9.17) is 0 Å². The summed E-state index contributed by atoms with van der Waals surface area (Å²) in [6.07, 6.45) is 7.46. The van der Waals surface area contributed by atoms with Gasteiger partial charge in [-0.25, -0.2) is 13.4 Å². The number of aromatic nitrogens is 1. The summed E-state index contributed by atoms with van der Waals surface area (Å²) in [5.74, 6) is 0.557. The van der Waals surface area contributed by atoms with Crippen LogP contribution in [0, 0.1) is 0 Å². The number of pyridine rings is 1. The van der Waals surface area contributed by atoms with Gasteiger partial charge >= 0.3 is 0 Å². The Hall–Kier alpha value is -0.620. The summed E-state index contributed by atoms with van der Waals surface area (Å²) in [5, 5.41) is 0. The SMILES string of the molecule is CN(c1ncccc1S(C)(=O)=O)C1CCCCC1Br. The van der Waals surface area contributed by atoms with Gasteiger partial charge in [-0.05, 0) is 25.0 Å². The first-order chi connectivity index (χ1) is 8.91. The van der Waals surface area contributed by atoms with E-state index in [1.165, 1.54) is 19.1 Å². The molecule has 1 saturated carbocycles. The first kappa shape index (κ1) is 14.8. The Labute approximate surface area is 123 Å². The van der Waals surface area contributed by atoms with Gasteiger partial charge < -0.3 is 4.90 Å². The highest BCUT2D eigenvalue weighted by molar-refractivity contribution is 9.09. The minimum Gasteiger partial charge on any atom is -0.354 e. The third-order valence-electron chi connectivity index (χ3n) is 3.63. The molecule has 2 unspecified atom stereocenters. The lowest BCUT2D eigenvalue weighted by molar-refractivity contribution is 0.441. The van der Waals surface area contributed by atoms with Gasteiger partial charge in [0.05, 0.1) is 0 Å². The van der Waals surface area contributed by atoms with Crippen molar-refractivity contribution >= 4 is 31.6 Å². The van der Waals surface area contributed by atoms with Crippen LogP contribution in [0.2, 0.25) is 0 Å². The molecule has 0 N–H and O–H groups in total. The zero-order valence-electron chi connectivity index (χ0n) is 11.2. The lowest BCUT2D eigenvalue weighted by Crippen LogP contribution is -2.41. The van der Waals surface area contributed by atoms with Gasteiger partial charge in [0.25, 0.3) is 0 Å². The molecular formula is C13H19BrN2O2S. The standard InChI is InChI=1S/C13H19BrN2O2S/c1-16(11-7-4-3-6-10(11)14)13-12(19(2,17)18)8-5-9-15-13/h5,8-11H,3-4,6-7H2,1-2H3. The van der Waals surface area contributed by atoms with Crippen LogP contribution in [0.1, 0.15) is 25.7 Å². The van der Waals surface area contributed by atoms with Gasteiger partial charge in [-0.2, -0.15) is 0 Å². The van der Waals surface area contributed by atoms with Crippen LogP contribution in [0.4, 0.5) is 5.82 Å². The number of anilines is 1. The molecule has 0 aliphatic heterocycles. The number of hydrogen-bond donors (Lipinski definition) is 0. The summed E-state index contributed by atoms with van der Waals surface area (Å²) in [7, 11) is -1.32. The van der Waals surface area contributed by atoms with Crippen LogP contribution < -0.4 is 4.90 Å². The Morgan fingerprint density at radius 1 is 1.37 bits per heavy atom. The first-order valence-corrected chi connectivity index (χ1v) is 9.24. The number of alkyl halides is 1. The van der Waals surface area contributed by atoms with Crippen LogP contribution in [0.25, 0.3) is 0 Å². The van der Waals surface area contributed by atoms with Crippen LogP contribution in [0.5, 0.6) is 0 Å². The first-order valence-electron chi connectivity index (χ1n) is 6.43. The summed E-state index contributed by atoms with van der Waals surface area (Å²) in [5.41, 5.74) is 0. The Bertz CT molecular complexity index is 547. The second-order valence-corrected chi connectivity index (χ2v) is 8.24. The van der Waals surface area contributed by atoms with E-state index in [1.807, 2.05) is 11.9 Å². The van der Waals surface area contributed by atoms with Gasteiger partial charge in [-0.1, -0.05) is 28.8 Å². The Kier molecular flexibility index (Phi) is 4.50. The number of sulfone groups is 1. The van der Waals surface area contributed by atoms with Gasteiger partial charge in [0, 0.05) is 30.4 Å². The van der Waals surface area contributed by atoms with Gasteiger partial charge in [0.2, 0.25) is 0 Å². The van der Waals surface area contributed by atoms with Crippen LogP contribution >= 0.6 is 15.9 Å². The second-order valence-electron chi connectivity index (χ2n) is 5.08. The van der Waals surface area contributed by atoms with Crippen molar-refractivity contribution in [2.75, 3.05) is 18.2 Å². The van der Waals surface area contributed by atoms with Crippen molar-refractivity contribution in [1.82, 2.24) is 4.98 Å². The van der Waals surface area contributed by atoms with Gasteiger partial charge in [-0.15, -0.1) is 0 Å². The Morgan fingerprint density at radius 3 is 2.68 bits per heavy atom. The molecular weight excluding hydrogens is 328 g/mol. The molecule has 0 aromatic carbocycles. The number of rotatable bonds is 3. The molecule has 106 valence electrons. The Morgan fingerprint density at radius 2 is 2.05 bits per heavy atom. The monoisotopic (exact) mass is 346 g/mol. The maximum absolute atomic E-state index is 11.8. The van der Waals surface area contributed by atoms with E-state index in [0.29, 0.717) is 21.6 Å². The molecule has 0 bridgehead atoms. The molecule has 0 radical (unpaired) electrons. The highest BCUT2D eigenvalue weighted by Crippen LogP contribution is 2.32. The van der Waals surface area contributed by atoms with Crippen molar-refractivity contribution in [2.45, 2.75) is 41.4 Å². The highest BCUT2D eigenvalue weighted by atomic mass is 79.9. The smallest absolute Gasteiger partial charge is 0.179 e. The predicted molar refractivity (Wildman–Crippen MR) is 80.7 cm³/mol. The zero-order chi connectivity index (χ0) is 14.0. The molecule has 0 spiro atoms. The fourth-order valence-corrected chi connectivity index (χ4v) is 4.39. The predicted octanol–water partition coefficient (Wildman–Crippen LogP) is 2.63.